The van der Waals surface area contributed by atoms with Crippen molar-refractivity contribution in [2.75, 3.05) is 0 Å². The van der Waals surface area contributed by atoms with E-state index in [9.17, 15) is 0 Å². The van der Waals surface area contributed by atoms with Crippen molar-refractivity contribution < 1.29 is 4.57 Å². The quantitative estimate of drug-likeness (QED) is 0.397. The lowest BCUT2D eigenvalue weighted by Gasteiger charge is -2.44. The molecule has 1 aliphatic carbocycles. The molecule has 0 spiro atoms. The first-order valence-electron chi connectivity index (χ1n) is 11.6. The first-order chi connectivity index (χ1) is 14.3. The van der Waals surface area contributed by atoms with Crippen molar-refractivity contribution in [1.82, 2.24) is 0 Å². The Labute approximate surface area is 189 Å². The van der Waals surface area contributed by atoms with Crippen molar-refractivity contribution in [3.05, 3.63) is 88.1 Å². The zero-order chi connectivity index (χ0) is 22.8. The van der Waals surface area contributed by atoms with Crippen LogP contribution in [0, 0.1) is 12.3 Å². The van der Waals surface area contributed by atoms with Gasteiger partial charge in [-0.25, -0.2) is 4.57 Å². The van der Waals surface area contributed by atoms with Crippen LogP contribution in [0.3, 0.4) is 0 Å². The van der Waals surface area contributed by atoms with Crippen LogP contribution in [0.5, 0.6) is 0 Å². The van der Waals surface area contributed by atoms with Gasteiger partial charge in [0.25, 0.3) is 0 Å². The van der Waals surface area contributed by atoms with Crippen LogP contribution >= 0.6 is 0 Å². The monoisotopic (exact) mass is 412 g/mol. The highest BCUT2D eigenvalue weighted by Gasteiger charge is 2.42. The van der Waals surface area contributed by atoms with E-state index in [1.807, 2.05) is 0 Å². The molecule has 0 saturated heterocycles. The summed E-state index contributed by atoms with van der Waals surface area (Å²) in [6.45, 7) is 18.7. The number of aryl methyl sites for hydroxylation is 2. The van der Waals surface area contributed by atoms with Gasteiger partial charge in [-0.1, -0.05) is 78.8 Å². The van der Waals surface area contributed by atoms with Crippen LogP contribution in [-0.4, -0.2) is 0 Å². The van der Waals surface area contributed by atoms with Crippen molar-refractivity contribution in [1.29, 1.82) is 0 Å². The number of pyridine rings is 1. The van der Waals surface area contributed by atoms with E-state index < -0.39 is 0 Å². The highest BCUT2D eigenvalue weighted by atomic mass is 14.9. The first kappa shape index (κ1) is 21.8. The summed E-state index contributed by atoms with van der Waals surface area (Å²) in [5.41, 5.74) is 11.5. The van der Waals surface area contributed by atoms with E-state index in [-0.39, 0.29) is 10.8 Å². The van der Waals surface area contributed by atoms with Gasteiger partial charge in [0, 0.05) is 28.0 Å². The van der Waals surface area contributed by atoms with Gasteiger partial charge in [0.2, 0.25) is 5.69 Å². The molecule has 0 atom stereocenters. The largest absolute Gasteiger partial charge is 0.212 e. The molecular formula is C30H38N+. The van der Waals surface area contributed by atoms with E-state index >= 15 is 0 Å². The van der Waals surface area contributed by atoms with Gasteiger partial charge in [-0.2, -0.15) is 0 Å². The second kappa shape index (κ2) is 7.05. The minimum absolute atomic E-state index is 0.00346. The Bertz CT molecular complexity index is 1160. The summed E-state index contributed by atoms with van der Waals surface area (Å²) >= 11 is 0. The van der Waals surface area contributed by atoms with Gasteiger partial charge in [-0.15, -0.1) is 0 Å². The fourth-order valence-electron chi connectivity index (χ4n) is 5.54. The Kier molecular flexibility index (Phi) is 4.96. The molecule has 1 heteroatoms. The van der Waals surface area contributed by atoms with Crippen LogP contribution in [0.1, 0.15) is 81.8 Å². The molecule has 0 N–H and O–H groups in total. The Morgan fingerprint density at radius 2 is 1.32 bits per heavy atom. The van der Waals surface area contributed by atoms with Gasteiger partial charge in [-0.05, 0) is 58.7 Å². The molecule has 1 heterocycles. The van der Waals surface area contributed by atoms with Crippen molar-refractivity contribution in [3.8, 4) is 11.3 Å². The lowest BCUT2D eigenvalue weighted by Crippen LogP contribution is -2.37. The van der Waals surface area contributed by atoms with Crippen LogP contribution in [0.15, 0.2) is 54.7 Å². The minimum atomic E-state index is -0.0192. The Balaban J connectivity index is 1.88. The number of fused-ring (bicyclic) bond motifs is 2. The summed E-state index contributed by atoms with van der Waals surface area (Å²) in [6, 6.07) is 18.5. The van der Waals surface area contributed by atoms with E-state index in [1.165, 1.54) is 44.6 Å². The third-order valence-electron chi connectivity index (χ3n) is 7.19. The second-order valence-corrected chi connectivity index (χ2v) is 11.8. The third kappa shape index (κ3) is 3.63. The Morgan fingerprint density at radius 3 is 1.84 bits per heavy atom. The lowest BCUT2D eigenvalue weighted by molar-refractivity contribution is -0.660. The summed E-state index contributed by atoms with van der Waals surface area (Å²) < 4.78 is 2.31. The molecule has 0 saturated carbocycles. The molecule has 3 aromatic rings. The molecule has 1 aromatic heterocycles. The number of aromatic nitrogens is 1. The summed E-state index contributed by atoms with van der Waals surface area (Å²) in [5.74, 6) is 0. The first-order valence-corrected chi connectivity index (χ1v) is 11.6. The molecule has 0 aliphatic heterocycles. The predicted octanol–water partition coefficient (Wildman–Crippen LogP) is 7.04. The molecule has 0 unspecified atom stereocenters. The SMILES string of the molecule is Cc1cc2c(cc1-c1ccc(CC(C)(C)C)c[n+]1C)C(C)(C)c1ccccc1C2(C)C. The van der Waals surface area contributed by atoms with E-state index in [2.05, 4.69) is 122 Å². The van der Waals surface area contributed by atoms with E-state index in [4.69, 9.17) is 0 Å². The van der Waals surface area contributed by atoms with Crippen molar-refractivity contribution >= 4 is 0 Å². The highest BCUT2D eigenvalue weighted by molar-refractivity contribution is 5.69. The maximum Gasteiger partial charge on any atom is 0.212 e. The molecule has 1 nitrogen and oxygen atoms in total. The Morgan fingerprint density at radius 1 is 0.774 bits per heavy atom. The van der Waals surface area contributed by atoms with Gasteiger partial charge >= 0.3 is 0 Å². The average molecular weight is 413 g/mol. The zero-order valence-corrected chi connectivity index (χ0v) is 20.9. The van der Waals surface area contributed by atoms with Crippen molar-refractivity contribution in [3.63, 3.8) is 0 Å². The van der Waals surface area contributed by atoms with E-state index in [0.29, 0.717) is 5.41 Å². The second-order valence-electron chi connectivity index (χ2n) is 11.8. The summed E-state index contributed by atoms with van der Waals surface area (Å²) in [6.07, 6.45) is 3.39. The molecule has 1 aliphatic rings. The summed E-state index contributed by atoms with van der Waals surface area (Å²) in [7, 11) is 2.19. The molecule has 0 radical (unpaired) electrons. The fraction of sp³-hybridized carbons (Fsp3) is 0.433. The van der Waals surface area contributed by atoms with Crippen LogP contribution in [0.25, 0.3) is 11.3 Å². The van der Waals surface area contributed by atoms with Crippen LogP contribution in [-0.2, 0) is 24.3 Å². The summed E-state index contributed by atoms with van der Waals surface area (Å²) in [4.78, 5) is 0. The third-order valence-corrected chi connectivity index (χ3v) is 7.19. The van der Waals surface area contributed by atoms with E-state index in [1.54, 1.807) is 0 Å². The van der Waals surface area contributed by atoms with Crippen LogP contribution in [0.2, 0.25) is 0 Å². The number of benzene rings is 2. The van der Waals surface area contributed by atoms with Gasteiger partial charge in [0.1, 0.15) is 7.05 Å². The van der Waals surface area contributed by atoms with Gasteiger partial charge in [0.15, 0.2) is 6.20 Å². The number of hydrogen-bond acceptors (Lipinski definition) is 0. The normalized spacial score (nSPS) is 16.5. The van der Waals surface area contributed by atoms with Crippen molar-refractivity contribution in [2.24, 2.45) is 12.5 Å². The fourth-order valence-corrected chi connectivity index (χ4v) is 5.54. The standard InChI is InChI=1S/C30H38N/c1-20-16-25-26(30(7,8)24-13-11-10-12-23(24)29(25,5)6)17-22(20)27-15-14-21(19-31(27)9)18-28(2,3)4/h10-17,19H,18H2,1-9H3/q+1. The van der Waals surface area contributed by atoms with Crippen molar-refractivity contribution in [2.45, 2.75) is 72.6 Å². The molecule has 31 heavy (non-hydrogen) atoms. The molecule has 2 aromatic carbocycles. The number of hydrogen-bond donors (Lipinski definition) is 0. The average Bonchev–Trinajstić information content (AvgIpc) is 2.66. The topological polar surface area (TPSA) is 3.88 Å². The molecule has 162 valence electrons. The zero-order valence-electron chi connectivity index (χ0n) is 20.9. The van der Waals surface area contributed by atoms with Gasteiger partial charge in [-0.3, -0.25) is 0 Å². The molecule has 0 fully saturated rings. The molecule has 4 rings (SSSR count). The predicted molar refractivity (Wildman–Crippen MR) is 132 cm³/mol. The van der Waals surface area contributed by atoms with Crippen LogP contribution in [0.4, 0.5) is 0 Å². The minimum Gasteiger partial charge on any atom is -0.201 e. The Hall–Kier alpha value is -2.41. The highest BCUT2D eigenvalue weighted by Crippen LogP contribution is 2.50. The van der Waals surface area contributed by atoms with E-state index in [0.717, 1.165) is 6.42 Å². The molecular weight excluding hydrogens is 374 g/mol. The van der Waals surface area contributed by atoms with Crippen LogP contribution < -0.4 is 4.57 Å². The van der Waals surface area contributed by atoms with Gasteiger partial charge < -0.3 is 0 Å². The molecule has 0 amide bonds. The maximum absolute atomic E-state index is 2.47. The lowest BCUT2D eigenvalue weighted by atomic mass is 9.59. The van der Waals surface area contributed by atoms with Gasteiger partial charge in [0.05, 0.1) is 0 Å². The number of rotatable bonds is 2. The summed E-state index contributed by atoms with van der Waals surface area (Å²) in [5, 5.41) is 0. The smallest absolute Gasteiger partial charge is 0.201 e. The maximum atomic E-state index is 2.47. The molecule has 0 bridgehead atoms. The number of nitrogens with zero attached hydrogens (tertiary/aromatic N) is 1.